The lowest BCUT2D eigenvalue weighted by Gasteiger charge is -2.07. The molecule has 2 radical (unpaired) electrons. The number of rotatable bonds is 2. The lowest BCUT2D eigenvalue weighted by atomic mass is 9.89. The number of methoxy groups -OCH3 is 1. The van der Waals surface area contributed by atoms with Crippen LogP contribution in [0.1, 0.15) is 10.4 Å². The summed E-state index contributed by atoms with van der Waals surface area (Å²) in [5.74, 6) is 0.0696. The Hall–Kier alpha value is -1.45. The SMILES string of the molecule is [B]c1c(C=O)ccc(OC)c1O. The molecule has 1 aromatic rings. The highest BCUT2D eigenvalue weighted by molar-refractivity contribution is 6.37. The molecule has 0 unspecified atom stereocenters. The second kappa shape index (κ2) is 3.30. The molecule has 0 aromatic heterocycles. The highest BCUT2D eigenvalue weighted by Gasteiger charge is 2.06. The van der Waals surface area contributed by atoms with Gasteiger partial charge in [-0.25, -0.2) is 0 Å². The molecule has 0 saturated heterocycles. The van der Waals surface area contributed by atoms with Gasteiger partial charge in [0.2, 0.25) is 0 Å². The van der Waals surface area contributed by atoms with Crippen molar-refractivity contribution in [3.8, 4) is 11.5 Å². The summed E-state index contributed by atoms with van der Waals surface area (Å²) in [5, 5.41) is 9.30. The number of benzene rings is 1. The van der Waals surface area contributed by atoms with Crippen LogP contribution in [0.3, 0.4) is 0 Å². The van der Waals surface area contributed by atoms with Crippen molar-refractivity contribution in [1.29, 1.82) is 0 Å². The predicted molar refractivity (Wildman–Crippen MR) is 45.4 cm³/mol. The van der Waals surface area contributed by atoms with E-state index in [4.69, 9.17) is 12.6 Å². The number of phenolic OH excluding ortho intramolecular Hbond substituents is 1. The molecule has 0 spiro atoms. The fourth-order valence-electron chi connectivity index (χ4n) is 0.871. The largest absolute Gasteiger partial charge is 0.505 e. The van der Waals surface area contributed by atoms with Crippen LogP contribution in [0.4, 0.5) is 0 Å². The van der Waals surface area contributed by atoms with Crippen LogP contribution in [0.15, 0.2) is 12.1 Å². The minimum absolute atomic E-state index is 0.0457. The number of phenols is 1. The van der Waals surface area contributed by atoms with Gasteiger partial charge in [-0.1, -0.05) is 0 Å². The molecule has 1 aromatic carbocycles. The van der Waals surface area contributed by atoms with Gasteiger partial charge >= 0.3 is 0 Å². The van der Waals surface area contributed by atoms with Crippen LogP contribution in [0.25, 0.3) is 0 Å². The molecule has 60 valence electrons. The van der Waals surface area contributed by atoms with E-state index >= 15 is 0 Å². The molecule has 0 saturated carbocycles. The highest BCUT2D eigenvalue weighted by Crippen LogP contribution is 2.22. The van der Waals surface area contributed by atoms with E-state index in [-0.39, 0.29) is 22.5 Å². The minimum Gasteiger partial charge on any atom is -0.505 e. The monoisotopic (exact) mass is 162 g/mol. The van der Waals surface area contributed by atoms with Crippen molar-refractivity contribution in [1.82, 2.24) is 0 Å². The maximum absolute atomic E-state index is 10.3. The molecule has 0 atom stereocenters. The normalized spacial score (nSPS) is 9.42. The zero-order valence-corrected chi connectivity index (χ0v) is 6.57. The lowest BCUT2D eigenvalue weighted by Crippen LogP contribution is -2.10. The highest BCUT2D eigenvalue weighted by atomic mass is 16.5. The Morgan fingerprint density at radius 1 is 1.58 bits per heavy atom. The average molecular weight is 162 g/mol. The molecule has 0 fully saturated rings. The van der Waals surface area contributed by atoms with Crippen molar-refractivity contribution in [3.63, 3.8) is 0 Å². The van der Waals surface area contributed by atoms with Gasteiger partial charge in [-0.05, 0) is 17.6 Å². The van der Waals surface area contributed by atoms with Crippen molar-refractivity contribution in [2.75, 3.05) is 7.11 Å². The summed E-state index contributed by atoms with van der Waals surface area (Å²) in [5.41, 5.74) is 0.303. The molecule has 0 aliphatic heterocycles. The van der Waals surface area contributed by atoms with Crippen LogP contribution in [-0.4, -0.2) is 26.3 Å². The predicted octanol–water partition coefficient (Wildman–Crippen LogP) is 0.00710. The van der Waals surface area contributed by atoms with Crippen LogP contribution in [0.5, 0.6) is 11.5 Å². The number of hydrogen-bond acceptors (Lipinski definition) is 3. The molecule has 12 heavy (non-hydrogen) atoms. The van der Waals surface area contributed by atoms with Gasteiger partial charge < -0.3 is 9.84 Å². The Balaban J connectivity index is 3.29. The van der Waals surface area contributed by atoms with Gasteiger partial charge in [0.15, 0.2) is 11.5 Å². The third kappa shape index (κ3) is 1.28. The number of hydrogen-bond donors (Lipinski definition) is 1. The molecule has 3 nitrogen and oxygen atoms in total. The van der Waals surface area contributed by atoms with Gasteiger partial charge in [-0.3, -0.25) is 4.79 Å². The van der Waals surface area contributed by atoms with Gasteiger partial charge in [0.25, 0.3) is 0 Å². The van der Waals surface area contributed by atoms with Gasteiger partial charge in [0.1, 0.15) is 14.1 Å². The van der Waals surface area contributed by atoms with Crippen LogP contribution in [0, 0.1) is 0 Å². The number of aromatic hydroxyl groups is 1. The first kappa shape index (κ1) is 8.65. The maximum atomic E-state index is 10.3. The van der Waals surface area contributed by atoms with Crippen LogP contribution >= 0.6 is 0 Å². The summed E-state index contributed by atoms with van der Waals surface area (Å²) in [6, 6.07) is 2.97. The van der Waals surface area contributed by atoms with E-state index < -0.39 is 0 Å². The van der Waals surface area contributed by atoms with Crippen molar-refractivity contribution in [2.24, 2.45) is 0 Å². The first-order chi connectivity index (χ1) is 5.70. The number of aldehydes is 1. The van der Waals surface area contributed by atoms with Crippen molar-refractivity contribution >= 4 is 19.6 Å². The zero-order chi connectivity index (χ0) is 9.14. The minimum atomic E-state index is -0.192. The van der Waals surface area contributed by atoms with Gasteiger partial charge in [0.05, 0.1) is 7.11 Å². The van der Waals surface area contributed by atoms with Gasteiger partial charge in [-0.2, -0.15) is 0 Å². The van der Waals surface area contributed by atoms with Crippen molar-refractivity contribution in [2.45, 2.75) is 0 Å². The van der Waals surface area contributed by atoms with Crippen molar-refractivity contribution in [3.05, 3.63) is 17.7 Å². The van der Waals surface area contributed by atoms with E-state index in [1.54, 1.807) is 0 Å². The fourth-order valence-corrected chi connectivity index (χ4v) is 0.871. The Morgan fingerprint density at radius 2 is 2.25 bits per heavy atom. The van der Waals surface area contributed by atoms with E-state index in [2.05, 4.69) is 0 Å². The quantitative estimate of drug-likeness (QED) is 0.492. The molecule has 0 heterocycles. The first-order valence-electron chi connectivity index (χ1n) is 3.31. The molecule has 4 heteroatoms. The van der Waals surface area contributed by atoms with E-state index in [0.29, 0.717) is 6.29 Å². The Labute approximate surface area is 71.4 Å². The Morgan fingerprint density at radius 3 is 2.75 bits per heavy atom. The van der Waals surface area contributed by atoms with Crippen LogP contribution in [-0.2, 0) is 0 Å². The zero-order valence-electron chi connectivity index (χ0n) is 6.57. The molecular formula is C8H7BO3. The summed E-state index contributed by atoms with van der Waals surface area (Å²) < 4.78 is 4.78. The molecular weight excluding hydrogens is 155 g/mol. The van der Waals surface area contributed by atoms with Gasteiger partial charge in [0, 0.05) is 5.56 Å². The van der Waals surface area contributed by atoms with Crippen LogP contribution < -0.4 is 10.2 Å². The third-order valence-corrected chi connectivity index (χ3v) is 1.56. The topological polar surface area (TPSA) is 46.5 Å². The second-order valence-corrected chi connectivity index (χ2v) is 2.24. The summed E-state index contributed by atoms with van der Waals surface area (Å²) in [6.45, 7) is 0. The maximum Gasteiger partial charge on any atom is 0.159 e. The fraction of sp³-hybridized carbons (Fsp3) is 0.125. The van der Waals surface area contributed by atoms with E-state index in [0.717, 1.165) is 0 Å². The summed E-state index contributed by atoms with van der Waals surface area (Å²) in [7, 11) is 6.82. The lowest BCUT2D eigenvalue weighted by molar-refractivity contribution is 0.112. The molecule has 0 aliphatic carbocycles. The second-order valence-electron chi connectivity index (χ2n) is 2.24. The smallest absolute Gasteiger partial charge is 0.159 e. The first-order valence-corrected chi connectivity index (χ1v) is 3.31. The van der Waals surface area contributed by atoms with Gasteiger partial charge in [-0.15, -0.1) is 0 Å². The molecule has 0 bridgehead atoms. The standard InChI is InChI=1S/C8H7BO3/c1-12-6-3-2-5(4-10)7(9)8(6)11/h2-4,11H,1H3. The van der Waals surface area contributed by atoms with E-state index in [9.17, 15) is 9.90 Å². The van der Waals surface area contributed by atoms with E-state index in [1.807, 2.05) is 0 Å². The Kier molecular flexibility index (Phi) is 2.38. The van der Waals surface area contributed by atoms with Crippen molar-refractivity contribution < 1.29 is 14.6 Å². The van der Waals surface area contributed by atoms with E-state index in [1.165, 1.54) is 19.2 Å². The van der Waals surface area contributed by atoms with Crippen LogP contribution in [0.2, 0.25) is 0 Å². The average Bonchev–Trinajstić information content (AvgIpc) is 2.10. The molecule has 0 aliphatic rings. The summed E-state index contributed by atoms with van der Waals surface area (Å²) >= 11 is 0. The Bertz CT molecular complexity index is 309. The molecule has 1 N–H and O–H groups in total. The molecule has 0 amide bonds. The summed E-state index contributed by atoms with van der Waals surface area (Å²) in [6.07, 6.45) is 0.578. The number of ether oxygens (including phenoxy) is 1. The number of carbonyl (C=O) groups is 1. The number of carbonyl (C=O) groups excluding carboxylic acids is 1. The summed E-state index contributed by atoms with van der Waals surface area (Å²) in [4.78, 5) is 10.3. The molecule has 1 rings (SSSR count). The third-order valence-electron chi connectivity index (χ3n) is 1.56.